The molecule has 0 amide bonds. The summed E-state index contributed by atoms with van der Waals surface area (Å²) in [6, 6.07) is 10.3. The smallest absolute Gasteiger partial charge is 0.0340 e. The molecule has 0 aliphatic carbocycles. The van der Waals surface area contributed by atoms with Crippen molar-refractivity contribution in [1.82, 2.24) is 0 Å². The summed E-state index contributed by atoms with van der Waals surface area (Å²) in [6.07, 6.45) is 2.49. The van der Waals surface area contributed by atoms with Crippen molar-refractivity contribution in [3.05, 3.63) is 30.3 Å². The second-order valence-electron chi connectivity index (χ2n) is 2.65. The van der Waals surface area contributed by atoms with Crippen LogP contribution in [0.2, 0.25) is 0 Å². The molecule has 0 bridgehead atoms. The summed E-state index contributed by atoms with van der Waals surface area (Å²) in [7, 11) is 0. The Morgan fingerprint density at radius 3 is 2.42 bits per heavy atom. The van der Waals surface area contributed by atoms with E-state index in [1.807, 2.05) is 18.2 Å². The molecule has 0 heterocycles. The van der Waals surface area contributed by atoms with Crippen molar-refractivity contribution in [3.63, 3.8) is 0 Å². The monoisotopic (exact) mass is 156 g/mol. The van der Waals surface area contributed by atoms with E-state index in [0.29, 0.717) is 0 Å². The van der Waals surface area contributed by atoms with Crippen molar-refractivity contribution >= 4 is 24.5 Å². The molecule has 1 aromatic rings. The van der Waals surface area contributed by atoms with Gasteiger partial charge in [-0.1, -0.05) is 31.5 Å². The van der Waals surface area contributed by atoms with Gasteiger partial charge in [0.05, 0.1) is 0 Å². The fourth-order valence-corrected chi connectivity index (χ4v) is 0.966. The predicted octanol–water partition coefficient (Wildman–Crippen LogP) is 2.52. The van der Waals surface area contributed by atoms with Gasteiger partial charge in [0.25, 0.3) is 0 Å². The molecule has 1 radical (unpaired) electrons. The largest absolute Gasteiger partial charge is 0.385 e. The van der Waals surface area contributed by atoms with E-state index in [-0.39, 0.29) is 18.9 Å². The van der Waals surface area contributed by atoms with Gasteiger partial charge < -0.3 is 5.32 Å². The number of para-hydroxylation sites is 1. The maximum absolute atomic E-state index is 3.35. The van der Waals surface area contributed by atoms with Crippen LogP contribution >= 0.6 is 0 Å². The Kier molecular flexibility index (Phi) is 7.04. The number of hydrogen-bond donors (Lipinski definition) is 1. The Morgan fingerprint density at radius 1 is 1.17 bits per heavy atom. The second-order valence-corrected chi connectivity index (χ2v) is 2.65. The van der Waals surface area contributed by atoms with Crippen LogP contribution < -0.4 is 5.32 Å². The van der Waals surface area contributed by atoms with E-state index in [2.05, 4.69) is 24.4 Å². The van der Waals surface area contributed by atoms with E-state index >= 15 is 0 Å². The van der Waals surface area contributed by atoms with Gasteiger partial charge in [-0.3, -0.25) is 0 Å². The summed E-state index contributed by atoms with van der Waals surface area (Å²) >= 11 is 0. The molecule has 1 nitrogen and oxygen atoms in total. The van der Waals surface area contributed by atoms with Crippen LogP contribution in [-0.2, 0) is 0 Å². The van der Waals surface area contributed by atoms with Crippen molar-refractivity contribution in [2.75, 3.05) is 11.9 Å². The van der Waals surface area contributed by atoms with Crippen molar-refractivity contribution in [2.24, 2.45) is 0 Å². The molecule has 0 saturated carbocycles. The average Bonchev–Trinajstić information content (AvgIpc) is 2.07. The average molecular weight is 156 g/mol. The van der Waals surface area contributed by atoms with Gasteiger partial charge in [-0.25, -0.2) is 0 Å². The molecule has 0 spiro atoms. The quantitative estimate of drug-likeness (QED) is 0.521. The minimum absolute atomic E-state index is 0. The van der Waals surface area contributed by atoms with E-state index in [0.717, 1.165) is 6.54 Å². The second kappa shape index (κ2) is 7.28. The Morgan fingerprint density at radius 2 is 1.83 bits per heavy atom. The van der Waals surface area contributed by atoms with E-state index in [4.69, 9.17) is 0 Å². The third-order valence-corrected chi connectivity index (χ3v) is 1.63. The Balaban J connectivity index is 0.00000121. The van der Waals surface area contributed by atoms with Gasteiger partial charge in [-0.2, -0.15) is 0 Å². The Hall–Kier alpha value is -0.383. The van der Waals surface area contributed by atoms with Crippen LogP contribution in [0.5, 0.6) is 0 Å². The zero-order valence-electron chi connectivity index (χ0n) is 8.01. The number of benzene rings is 1. The topological polar surface area (TPSA) is 12.0 Å². The molecule has 0 aromatic heterocycles. The fourth-order valence-electron chi connectivity index (χ4n) is 0.966. The molecule has 0 unspecified atom stereocenters. The molecule has 2 heteroatoms. The zero-order valence-corrected chi connectivity index (χ0v) is 8.01. The third kappa shape index (κ3) is 4.49. The maximum Gasteiger partial charge on any atom is 0.0340 e. The maximum atomic E-state index is 3.35. The SMILES string of the molecule is CCCCNc1ccccc1.[Li]. The number of nitrogens with one attached hydrogen (secondary N) is 1. The first-order valence-electron chi connectivity index (χ1n) is 4.22. The van der Waals surface area contributed by atoms with Crippen LogP contribution in [0.1, 0.15) is 19.8 Å². The van der Waals surface area contributed by atoms with Gasteiger partial charge in [-0.05, 0) is 18.6 Å². The molecule has 1 rings (SSSR count). The van der Waals surface area contributed by atoms with Crippen molar-refractivity contribution in [1.29, 1.82) is 0 Å². The fraction of sp³-hybridized carbons (Fsp3) is 0.400. The minimum atomic E-state index is 0. The first-order valence-corrected chi connectivity index (χ1v) is 4.22. The summed E-state index contributed by atoms with van der Waals surface area (Å²) in [6.45, 7) is 3.28. The first-order chi connectivity index (χ1) is 5.43. The minimum Gasteiger partial charge on any atom is -0.385 e. The van der Waals surface area contributed by atoms with E-state index < -0.39 is 0 Å². The van der Waals surface area contributed by atoms with Crippen LogP contribution in [0.4, 0.5) is 5.69 Å². The number of hydrogen-bond acceptors (Lipinski definition) is 1. The van der Waals surface area contributed by atoms with E-state index in [1.165, 1.54) is 18.5 Å². The van der Waals surface area contributed by atoms with Crippen LogP contribution in [0, 0.1) is 0 Å². The molecule has 12 heavy (non-hydrogen) atoms. The van der Waals surface area contributed by atoms with E-state index in [1.54, 1.807) is 0 Å². The normalized spacial score (nSPS) is 8.75. The van der Waals surface area contributed by atoms with Crippen molar-refractivity contribution in [2.45, 2.75) is 19.8 Å². The third-order valence-electron chi connectivity index (χ3n) is 1.63. The molecule has 0 aliphatic heterocycles. The van der Waals surface area contributed by atoms with Crippen LogP contribution in [-0.4, -0.2) is 25.4 Å². The summed E-state index contributed by atoms with van der Waals surface area (Å²) < 4.78 is 0. The van der Waals surface area contributed by atoms with Gasteiger partial charge >= 0.3 is 0 Å². The van der Waals surface area contributed by atoms with Gasteiger partial charge in [0.2, 0.25) is 0 Å². The molecule has 61 valence electrons. The molecule has 1 N–H and O–H groups in total. The van der Waals surface area contributed by atoms with E-state index in [9.17, 15) is 0 Å². The van der Waals surface area contributed by atoms with Crippen molar-refractivity contribution < 1.29 is 0 Å². The van der Waals surface area contributed by atoms with Gasteiger partial charge in [0, 0.05) is 31.1 Å². The summed E-state index contributed by atoms with van der Waals surface area (Å²) in [5.41, 5.74) is 1.22. The van der Waals surface area contributed by atoms with Crippen LogP contribution in [0.15, 0.2) is 30.3 Å². The van der Waals surface area contributed by atoms with Gasteiger partial charge in [-0.15, -0.1) is 0 Å². The predicted molar refractivity (Wildman–Crippen MR) is 55.6 cm³/mol. The molecular weight excluding hydrogens is 141 g/mol. The molecule has 0 atom stereocenters. The van der Waals surface area contributed by atoms with Gasteiger partial charge in [0.1, 0.15) is 0 Å². The molecule has 0 saturated heterocycles. The number of rotatable bonds is 4. The van der Waals surface area contributed by atoms with Crippen LogP contribution in [0.3, 0.4) is 0 Å². The zero-order chi connectivity index (χ0) is 7.94. The van der Waals surface area contributed by atoms with Crippen molar-refractivity contribution in [3.8, 4) is 0 Å². The summed E-state index contributed by atoms with van der Waals surface area (Å²) in [5, 5.41) is 3.35. The van der Waals surface area contributed by atoms with Crippen LogP contribution in [0.25, 0.3) is 0 Å². The number of anilines is 1. The molecule has 0 aliphatic rings. The molecule has 1 aromatic carbocycles. The summed E-state index contributed by atoms with van der Waals surface area (Å²) in [4.78, 5) is 0. The standard InChI is InChI=1S/C10H15N.Li/c1-2-3-9-11-10-7-5-4-6-8-10;/h4-8,11H,2-3,9H2,1H3;. The first kappa shape index (κ1) is 11.6. The molecule has 0 fully saturated rings. The summed E-state index contributed by atoms with van der Waals surface area (Å²) in [5.74, 6) is 0. The Labute approximate surface area is 86.7 Å². The number of unbranched alkanes of at least 4 members (excludes halogenated alkanes) is 1. The Bertz CT molecular complexity index is 186. The van der Waals surface area contributed by atoms with Gasteiger partial charge in [0.15, 0.2) is 0 Å². The molecular formula is C10H15LiN.